The molecule has 1 fully saturated rings. The van der Waals surface area contributed by atoms with Crippen molar-refractivity contribution in [2.24, 2.45) is 0 Å². The summed E-state index contributed by atoms with van der Waals surface area (Å²) in [6.07, 6.45) is -0.361. The van der Waals surface area contributed by atoms with Gasteiger partial charge in [-0.15, -0.1) is 0 Å². The van der Waals surface area contributed by atoms with E-state index in [4.69, 9.17) is 9.47 Å². The van der Waals surface area contributed by atoms with Gasteiger partial charge in [-0.2, -0.15) is 0 Å². The molecular weight excluding hydrogens is 532 g/mol. The number of benzene rings is 1. The van der Waals surface area contributed by atoms with Crippen LogP contribution < -0.4 is 15.5 Å². The van der Waals surface area contributed by atoms with Crippen LogP contribution in [0.1, 0.15) is 78.2 Å². The highest BCUT2D eigenvalue weighted by Crippen LogP contribution is 2.48. The van der Waals surface area contributed by atoms with Crippen LogP contribution in [0.25, 0.3) is 0 Å². The molecule has 9 nitrogen and oxygen atoms in total. The molecule has 6 N–H and O–H groups in total. The highest BCUT2D eigenvalue weighted by atomic mass is 16.6. The first-order valence-electron chi connectivity index (χ1n) is 13.4. The van der Waals surface area contributed by atoms with E-state index in [1.165, 1.54) is 11.8 Å². The summed E-state index contributed by atoms with van der Waals surface area (Å²) in [7, 11) is 17.8. The van der Waals surface area contributed by atoms with E-state index >= 15 is 0 Å². The molecule has 1 aromatic carbocycles. The Bertz CT molecular complexity index is 709. The van der Waals surface area contributed by atoms with E-state index < -0.39 is 22.3 Å². The second-order valence-corrected chi connectivity index (χ2v) is 11.6. The number of quaternary nitrogens is 2. The van der Waals surface area contributed by atoms with Crippen LogP contribution in [0.4, 0.5) is 5.69 Å². The van der Waals surface area contributed by atoms with E-state index in [2.05, 4.69) is 52.9 Å². The molecule has 0 aromatic heterocycles. The van der Waals surface area contributed by atoms with Gasteiger partial charge in [-0.05, 0) is 53.8 Å². The Morgan fingerprint density at radius 1 is 0.881 bits per heavy atom. The van der Waals surface area contributed by atoms with Crippen LogP contribution in [0, 0.1) is 0 Å². The maximum atomic E-state index is 10.8. The summed E-state index contributed by atoms with van der Waals surface area (Å²) < 4.78 is 11.5. The van der Waals surface area contributed by atoms with Gasteiger partial charge in [0.15, 0.2) is 6.73 Å². The molecule has 0 bridgehead atoms. The van der Waals surface area contributed by atoms with Gasteiger partial charge < -0.3 is 44.8 Å². The number of hydrogen-bond donors (Lipinski definition) is 6. The van der Waals surface area contributed by atoms with Gasteiger partial charge in [0.05, 0.1) is 60.5 Å². The molecule has 1 aliphatic heterocycles. The van der Waals surface area contributed by atoms with Crippen molar-refractivity contribution in [2.45, 2.75) is 107 Å². The summed E-state index contributed by atoms with van der Waals surface area (Å²) >= 11 is 0. The molecule has 9 heteroatoms. The van der Waals surface area contributed by atoms with Gasteiger partial charge in [0.25, 0.3) is 0 Å². The molecule has 1 saturated heterocycles. The molecule has 1 heterocycles. The first-order valence-corrected chi connectivity index (χ1v) is 13.4. The standard InChI is InChI=1S/C12H25NO4.C7H9N.C5H14NO.C3H9N.C2H6.4CH4/c1-8-10(3,13-6)12(5,16)11(4,15)9(2,7-14)17-8;1-8-7-5-3-2-4-6-7;1-6(2,3)5-7-4;1-4(2)3;1-2;;;;/h8,13-16H,7H2,1-6H3;2-6,8H,1H3;5H2,1-4H3;1-3H3;1-2H3;4*1H4/q;;+1;;;;;;/p+1. The van der Waals surface area contributed by atoms with Gasteiger partial charge >= 0.3 is 0 Å². The summed E-state index contributed by atoms with van der Waals surface area (Å²) in [4.78, 5) is 1.42. The predicted octanol–water partition coefficient (Wildman–Crippen LogP) is 3.99. The van der Waals surface area contributed by atoms with Crippen LogP contribution in [0.3, 0.4) is 0 Å². The summed E-state index contributed by atoms with van der Waals surface area (Å²) in [6.45, 7) is 12.7. The summed E-state index contributed by atoms with van der Waals surface area (Å²) in [6, 6.07) is 10.1. The largest absolute Gasteiger partial charge is 0.393 e. The molecule has 1 aromatic rings. The molecule has 2 rings (SSSR count). The number of rotatable bonds is 5. The van der Waals surface area contributed by atoms with Crippen molar-refractivity contribution in [3.05, 3.63) is 30.3 Å². The molecule has 0 aliphatic carbocycles. The third-order valence-corrected chi connectivity index (χ3v) is 6.64. The van der Waals surface area contributed by atoms with Gasteiger partial charge in [-0.25, -0.2) is 0 Å². The third-order valence-electron chi connectivity index (χ3n) is 6.64. The van der Waals surface area contributed by atoms with Crippen LogP contribution in [-0.4, -0.2) is 125 Å². The molecule has 0 saturated carbocycles. The quantitative estimate of drug-likeness (QED) is 0.221. The number of ether oxygens (including phenoxy) is 2. The van der Waals surface area contributed by atoms with Crippen molar-refractivity contribution in [2.75, 3.05) is 82.1 Å². The second kappa shape index (κ2) is 25.1. The van der Waals surface area contributed by atoms with E-state index in [0.717, 1.165) is 16.9 Å². The van der Waals surface area contributed by atoms with Crippen molar-refractivity contribution >= 4 is 5.69 Å². The zero-order valence-electron chi connectivity index (χ0n) is 27.5. The van der Waals surface area contributed by atoms with Crippen LogP contribution in [0.15, 0.2) is 30.3 Å². The van der Waals surface area contributed by atoms with Crippen molar-refractivity contribution in [1.82, 2.24) is 5.32 Å². The minimum Gasteiger partial charge on any atom is -0.393 e. The minimum atomic E-state index is -1.58. The van der Waals surface area contributed by atoms with E-state index in [1.54, 1.807) is 34.9 Å². The minimum absolute atomic E-state index is 0. The average Bonchev–Trinajstić information content (AvgIpc) is 2.83. The Kier molecular flexibility index (Phi) is 33.7. The van der Waals surface area contributed by atoms with Gasteiger partial charge in [0.2, 0.25) is 0 Å². The van der Waals surface area contributed by atoms with Crippen molar-refractivity contribution in [3.8, 4) is 0 Å². The average molecular weight is 613 g/mol. The van der Waals surface area contributed by atoms with Gasteiger partial charge in [-0.1, -0.05) is 61.8 Å². The summed E-state index contributed by atoms with van der Waals surface area (Å²) in [5.74, 6) is 0. The normalized spacial score (nSPS) is 27.3. The number of nitrogens with one attached hydrogen (secondary N) is 3. The highest BCUT2D eigenvalue weighted by molar-refractivity contribution is 5.41. The second-order valence-electron chi connectivity index (χ2n) is 11.6. The van der Waals surface area contributed by atoms with Crippen molar-refractivity contribution in [1.29, 1.82) is 0 Å². The molecule has 5 atom stereocenters. The Hall–Kier alpha value is -1.30. The number of para-hydroxylation sites is 1. The molecule has 5 unspecified atom stereocenters. The molecule has 260 valence electrons. The molecule has 42 heavy (non-hydrogen) atoms. The van der Waals surface area contributed by atoms with E-state index in [-0.39, 0.29) is 42.4 Å². The topological polar surface area (TPSA) is 108 Å². The smallest absolute Gasteiger partial charge is 0.182 e. The summed E-state index contributed by atoms with van der Waals surface area (Å²) in [5, 5.41) is 36.9. The lowest BCUT2D eigenvalue weighted by Crippen LogP contribution is -3.02. The Morgan fingerprint density at radius 3 is 1.48 bits per heavy atom. The first kappa shape index (κ1) is 56.5. The SMILES string of the molecule is C.C.C.C.CC.CNC1(C)C(C)OC(C)(CO)C(C)(O)C1(C)O.CNc1ccccc1.COC[N+](C)(C)C.C[NH+](C)C. The predicted molar refractivity (Wildman–Crippen MR) is 188 cm³/mol. The van der Waals surface area contributed by atoms with Gasteiger partial charge in [0.1, 0.15) is 16.8 Å². The van der Waals surface area contributed by atoms with E-state index in [1.807, 2.05) is 58.2 Å². The van der Waals surface area contributed by atoms with Gasteiger partial charge in [-0.3, -0.25) is 0 Å². The number of methoxy groups -OCH3 is 1. The van der Waals surface area contributed by atoms with Crippen LogP contribution in [0.2, 0.25) is 0 Å². The molecule has 0 radical (unpaired) electrons. The number of aliphatic hydroxyl groups excluding tert-OH is 1. The first-order chi connectivity index (χ1) is 17.2. The molecule has 0 amide bonds. The Balaban J connectivity index is -0.0000000833. The fourth-order valence-electron chi connectivity index (χ4n) is 3.67. The maximum absolute atomic E-state index is 10.8. The fourth-order valence-corrected chi connectivity index (χ4v) is 3.67. The maximum Gasteiger partial charge on any atom is 0.182 e. The Labute approximate surface area is 264 Å². The Morgan fingerprint density at radius 2 is 1.26 bits per heavy atom. The zero-order chi connectivity index (χ0) is 31.0. The number of likely N-dealkylation sites (N-methyl/N-ethyl adjacent to an activating group) is 1. The van der Waals surface area contributed by atoms with Gasteiger partial charge in [0, 0.05) is 19.8 Å². The van der Waals surface area contributed by atoms with E-state index in [9.17, 15) is 15.3 Å². The van der Waals surface area contributed by atoms with E-state index in [0.29, 0.717) is 0 Å². The van der Waals surface area contributed by atoms with Crippen LogP contribution in [0.5, 0.6) is 0 Å². The zero-order valence-corrected chi connectivity index (χ0v) is 27.5. The number of nitrogens with zero attached hydrogens (tertiary/aromatic N) is 1. The number of hydrogen-bond acceptors (Lipinski definition) is 7. The summed E-state index contributed by atoms with van der Waals surface area (Å²) in [5.41, 5.74) is -3.90. The van der Waals surface area contributed by atoms with Crippen LogP contribution in [-0.2, 0) is 9.47 Å². The molecular formula is C33H80N4O5+2. The fraction of sp³-hybridized carbons (Fsp3) is 0.818. The number of aliphatic hydroxyl groups is 3. The highest BCUT2D eigenvalue weighted by Gasteiger charge is 2.68. The lowest BCUT2D eigenvalue weighted by Gasteiger charge is -2.63. The van der Waals surface area contributed by atoms with Crippen LogP contribution >= 0.6 is 0 Å². The number of anilines is 1. The molecule has 1 aliphatic rings. The lowest BCUT2D eigenvalue weighted by molar-refractivity contribution is -0.890. The molecule has 0 spiro atoms. The van der Waals surface area contributed by atoms with Crippen molar-refractivity contribution in [3.63, 3.8) is 0 Å². The monoisotopic (exact) mass is 613 g/mol. The third kappa shape index (κ3) is 17.1. The lowest BCUT2D eigenvalue weighted by atomic mass is 9.60. The van der Waals surface area contributed by atoms with Crippen molar-refractivity contribution < 1.29 is 34.2 Å².